The molecule has 0 radical (unpaired) electrons. The molecule has 0 aliphatic rings. The molecule has 0 unspecified atom stereocenters. The maximum Gasteiger partial charge on any atom is 0.303 e. The van der Waals surface area contributed by atoms with Crippen molar-refractivity contribution in [1.29, 1.82) is 0 Å². The fraction of sp³-hybridized carbons (Fsp3) is 0. The molecule has 104 valence electrons. The van der Waals surface area contributed by atoms with E-state index in [4.69, 9.17) is 14.6 Å². The van der Waals surface area contributed by atoms with Gasteiger partial charge in [-0.05, 0) is 24.3 Å². The van der Waals surface area contributed by atoms with Crippen molar-refractivity contribution in [2.75, 3.05) is 0 Å². The van der Waals surface area contributed by atoms with Crippen LogP contribution in [-0.4, -0.2) is 8.42 Å². The zero-order valence-corrected chi connectivity index (χ0v) is 11.3. The molecular weight excluding hydrogens is 278 g/mol. The van der Waals surface area contributed by atoms with Gasteiger partial charge in [-0.1, -0.05) is 36.4 Å². The summed E-state index contributed by atoms with van der Waals surface area (Å²) < 4.78 is 33.1. The Morgan fingerprint density at radius 2 is 1.25 bits per heavy atom. The lowest BCUT2D eigenvalue weighted by Crippen LogP contribution is -2.13. The van der Waals surface area contributed by atoms with Crippen LogP contribution in [0.4, 0.5) is 0 Å². The van der Waals surface area contributed by atoms with Gasteiger partial charge in [0.2, 0.25) is 10.0 Å². The number of nitrogens with two attached hydrogens (primary N) is 1. The average molecular weight is 291 g/mol. The van der Waals surface area contributed by atoms with Gasteiger partial charge < -0.3 is 9.47 Å². The molecule has 0 atom stereocenters. The third-order valence-corrected chi connectivity index (χ3v) is 2.70. The second kappa shape index (κ2) is 6.23. The van der Waals surface area contributed by atoms with Gasteiger partial charge in [-0.3, -0.25) is 0 Å². The van der Waals surface area contributed by atoms with Gasteiger partial charge in [0, 0.05) is 0 Å². The van der Waals surface area contributed by atoms with Crippen molar-refractivity contribution in [1.82, 2.24) is 0 Å². The molecule has 0 saturated heterocycles. The smallest absolute Gasteiger partial charge is 0.303 e. The molecule has 2 aromatic carbocycles. The highest BCUT2D eigenvalue weighted by atomic mass is 32.2. The monoisotopic (exact) mass is 291 g/mol. The molecule has 2 aromatic rings. The first-order valence-electron chi connectivity index (χ1n) is 5.73. The summed E-state index contributed by atoms with van der Waals surface area (Å²) in [6.07, 6.45) is 0. The Kier molecular flexibility index (Phi) is 4.39. The summed E-state index contributed by atoms with van der Waals surface area (Å²) in [6.45, 7) is 0. The Morgan fingerprint density at radius 3 is 1.60 bits per heavy atom. The van der Waals surface area contributed by atoms with Crippen LogP contribution in [0, 0.1) is 0 Å². The average Bonchev–Trinajstić information content (AvgIpc) is 2.39. The van der Waals surface area contributed by atoms with Gasteiger partial charge in [-0.25, -0.2) is 13.6 Å². The molecule has 0 amide bonds. The molecule has 0 aliphatic heterocycles. The molecule has 0 aliphatic carbocycles. The highest BCUT2D eigenvalue weighted by Gasteiger charge is 2.09. The van der Waals surface area contributed by atoms with Crippen molar-refractivity contribution in [2.45, 2.75) is 0 Å². The standard InChI is InChI=1S/C14H13NO4S/c15-20(16,17)11-14(18-12-7-3-1-4-8-12)19-13-9-5-2-6-10-13/h1-11H,(H2,15,16,17). The third-order valence-electron chi connectivity index (χ3n) is 2.18. The van der Waals surface area contributed by atoms with Crippen molar-refractivity contribution in [3.63, 3.8) is 0 Å². The van der Waals surface area contributed by atoms with Crippen LogP contribution in [-0.2, 0) is 10.0 Å². The molecule has 0 saturated carbocycles. The van der Waals surface area contributed by atoms with E-state index in [2.05, 4.69) is 0 Å². The van der Waals surface area contributed by atoms with Crippen LogP contribution in [0.2, 0.25) is 0 Å². The van der Waals surface area contributed by atoms with E-state index in [1.807, 2.05) is 12.1 Å². The van der Waals surface area contributed by atoms with E-state index in [0.29, 0.717) is 11.5 Å². The van der Waals surface area contributed by atoms with E-state index in [9.17, 15) is 8.42 Å². The summed E-state index contributed by atoms with van der Waals surface area (Å²) in [7, 11) is -3.88. The molecule has 2 N–H and O–H groups in total. The first-order chi connectivity index (χ1) is 9.53. The van der Waals surface area contributed by atoms with Gasteiger partial charge in [0.15, 0.2) is 0 Å². The normalized spacial score (nSPS) is 10.7. The second-order valence-electron chi connectivity index (χ2n) is 3.86. The van der Waals surface area contributed by atoms with Crippen molar-refractivity contribution in [3.8, 4) is 11.5 Å². The highest BCUT2D eigenvalue weighted by Crippen LogP contribution is 2.18. The lowest BCUT2D eigenvalue weighted by Gasteiger charge is -2.10. The first-order valence-corrected chi connectivity index (χ1v) is 7.34. The van der Waals surface area contributed by atoms with Crippen LogP contribution < -0.4 is 14.6 Å². The van der Waals surface area contributed by atoms with Crippen molar-refractivity contribution in [3.05, 3.63) is 72.0 Å². The van der Waals surface area contributed by atoms with E-state index in [1.165, 1.54) is 0 Å². The minimum atomic E-state index is -3.88. The first kappa shape index (κ1) is 14.1. The van der Waals surface area contributed by atoms with Gasteiger partial charge in [0.1, 0.15) is 16.9 Å². The van der Waals surface area contributed by atoms with Crippen molar-refractivity contribution >= 4 is 10.0 Å². The number of ether oxygens (including phenoxy) is 2. The number of hydrogen-bond acceptors (Lipinski definition) is 4. The maximum absolute atomic E-state index is 11.2. The summed E-state index contributed by atoms with van der Waals surface area (Å²) in [5.74, 6) is 0.668. The molecule has 0 aromatic heterocycles. The van der Waals surface area contributed by atoms with Crippen LogP contribution in [0.3, 0.4) is 0 Å². The lowest BCUT2D eigenvalue weighted by molar-refractivity contribution is 0.227. The van der Waals surface area contributed by atoms with Crippen LogP contribution in [0.1, 0.15) is 0 Å². The predicted octanol–water partition coefficient (Wildman–Crippen LogP) is 2.23. The van der Waals surface area contributed by atoms with Gasteiger partial charge in [-0.15, -0.1) is 0 Å². The van der Waals surface area contributed by atoms with Gasteiger partial charge in [0.25, 0.3) is 0 Å². The summed E-state index contributed by atoms with van der Waals surface area (Å²) in [6, 6.07) is 17.3. The summed E-state index contributed by atoms with van der Waals surface area (Å²) in [5.41, 5.74) is 0. The molecule has 0 heterocycles. The molecule has 6 heteroatoms. The number of rotatable bonds is 5. The largest absolute Gasteiger partial charge is 0.425 e. The molecule has 0 spiro atoms. The quantitative estimate of drug-likeness (QED) is 0.857. The second-order valence-corrected chi connectivity index (χ2v) is 5.27. The lowest BCUT2D eigenvalue weighted by atomic mass is 10.3. The van der Waals surface area contributed by atoms with E-state index in [-0.39, 0.29) is 5.95 Å². The van der Waals surface area contributed by atoms with Crippen LogP contribution in [0.15, 0.2) is 72.0 Å². The summed E-state index contributed by atoms with van der Waals surface area (Å²) in [4.78, 5) is 0. The summed E-state index contributed by atoms with van der Waals surface area (Å²) in [5, 5.41) is 5.71. The third kappa shape index (κ3) is 4.75. The molecule has 0 bridgehead atoms. The molecule has 20 heavy (non-hydrogen) atoms. The van der Waals surface area contributed by atoms with Gasteiger partial charge >= 0.3 is 5.95 Å². The summed E-state index contributed by atoms with van der Waals surface area (Å²) >= 11 is 0. The van der Waals surface area contributed by atoms with Crippen LogP contribution in [0.25, 0.3) is 0 Å². The number of benzene rings is 2. The highest BCUT2D eigenvalue weighted by molar-refractivity contribution is 7.92. The Labute approximate surface area is 117 Å². The van der Waals surface area contributed by atoms with Crippen LogP contribution >= 0.6 is 0 Å². The van der Waals surface area contributed by atoms with Gasteiger partial charge in [0.05, 0.1) is 0 Å². The molecule has 2 rings (SSSR count). The molecule has 0 fully saturated rings. The van der Waals surface area contributed by atoms with Gasteiger partial charge in [-0.2, -0.15) is 0 Å². The van der Waals surface area contributed by atoms with Crippen molar-refractivity contribution < 1.29 is 17.9 Å². The molecular formula is C14H13NO4S. The fourth-order valence-electron chi connectivity index (χ4n) is 1.41. The van der Waals surface area contributed by atoms with Crippen molar-refractivity contribution in [2.24, 2.45) is 5.14 Å². The van der Waals surface area contributed by atoms with E-state index < -0.39 is 10.0 Å². The maximum atomic E-state index is 11.2. The Balaban J connectivity index is 2.24. The minimum Gasteiger partial charge on any atom is -0.425 e. The van der Waals surface area contributed by atoms with E-state index in [0.717, 1.165) is 5.41 Å². The number of sulfonamides is 1. The minimum absolute atomic E-state index is 0.218. The van der Waals surface area contributed by atoms with E-state index >= 15 is 0 Å². The number of hydrogen-bond donors (Lipinski definition) is 1. The Hall–Kier alpha value is -2.31. The number of para-hydroxylation sites is 2. The Morgan fingerprint density at radius 1 is 0.850 bits per heavy atom. The SMILES string of the molecule is NS(=O)(=O)C=C(Oc1ccccc1)Oc1ccccc1. The van der Waals surface area contributed by atoms with E-state index in [1.54, 1.807) is 48.5 Å². The molecule has 5 nitrogen and oxygen atoms in total. The number of primary sulfonamides is 1. The zero-order chi connectivity index (χ0) is 14.4. The topological polar surface area (TPSA) is 78.6 Å². The zero-order valence-electron chi connectivity index (χ0n) is 10.5. The predicted molar refractivity (Wildman–Crippen MR) is 75.3 cm³/mol. The van der Waals surface area contributed by atoms with Crippen LogP contribution in [0.5, 0.6) is 11.5 Å². The fourth-order valence-corrected chi connectivity index (χ4v) is 1.78. The Bertz CT molecular complexity index is 638.